The summed E-state index contributed by atoms with van der Waals surface area (Å²) in [5.41, 5.74) is 1.52. The van der Waals surface area contributed by atoms with Crippen molar-refractivity contribution >= 4 is 28.3 Å². The van der Waals surface area contributed by atoms with Crippen molar-refractivity contribution in [2.24, 2.45) is 0 Å². The Morgan fingerprint density at radius 1 is 1.39 bits per heavy atom. The monoisotopic (exact) mass is 266 g/mol. The van der Waals surface area contributed by atoms with Crippen LogP contribution in [0.5, 0.6) is 0 Å². The Bertz CT molecular complexity index is 582. The van der Waals surface area contributed by atoms with Crippen LogP contribution in [-0.2, 0) is 0 Å². The van der Waals surface area contributed by atoms with Gasteiger partial charge in [-0.3, -0.25) is 0 Å². The normalized spacial score (nSPS) is 11.2. The van der Waals surface area contributed by atoms with Crippen molar-refractivity contribution in [1.29, 1.82) is 0 Å². The second-order valence-electron chi connectivity index (χ2n) is 4.54. The molecule has 0 bridgehead atoms. The lowest BCUT2D eigenvalue weighted by Crippen LogP contribution is -2.05. The summed E-state index contributed by atoms with van der Waals surface area (Å²) in [6.07, 6.45) is 0. The first-order valence-corrected chi connectivity index (χ1v) is 6.45. The van der Waals surface area contributed by atoms with Crippen molar-refractivity contribution in [2.45, 2.75) is 26.7 Å². The first kappa shape index (κ1) is 13.1. The van der Waals surface area contributed by atoms with Crippen LogP contribution in [0, 0.1) is 5.82 Å². The topological polar surface area (TPSA) is 24.9 Å². The van der Waals surface area contributed by atoms with E-state index >= 15 is 0 Å². The van der Waals surface area contributed by atoms with Gasteiger partial charge >= 0.3 is 0 Å². The van der Waals surface area contributed by atoms with Crippen LogP contribution in [0.1, 0.15) is 32.3 Å². The fraction of sp³-hybridized carbons (Fsp3) is 0.357. The van der Waals surface area contributed by atoms with Crippen molar-refractivity contribution in [3.8, 4) is 0 Å². The van der Waals surface area contributed by atoms with E-state index in [9.17, 15) is 4.39 Å². The molecule has 2 rings (SSSR count). The number of anilines is 1. The second kappa shape index (κ2) is 5.11. The molecule has 0 fully saturated rings. The number of benzene rings is 1. The van der Waals surface area contributed by atoms with Gasteiger partial charge in [0.05, 0.1) is 10.5 Å². The van der Waals surface area contributed by atoms with Crippen molar-refractivity contribution in [2.75, 3.05) is 11.9 Å². The molecule has 1 aromatic carbocycles. The average Bonchev–Trinajstić information content (AvgIpc) is 2.34. The molecule has 96 valence electrons. The zero-order valence-corrected chi connectivity index (χ0v) is 11.5. The van der Waals surface area contributed by atoms with Gasteiger partial charge in [0.15, 0.2) is 0 Å². The van der Waals surface area contributed by atoms with Gasteiger partial charge in [0.2, 0.25) is 0 Å². The number of hydrogen-bond donors (Lipinski definition) is 1. The van der Waals surface area contributed by atoms with Gasteiger partial charge in [-0.25, -0.2) is 9.37 Å². The van der Waals surface area contributed by atoms with Crippen molar-refractivity contribution in [1.82, 2.24) is 4.98 Å². The third kappa shape index (κ3) is 2.27. The van der Waals surface area contributed by atoms with Gasteiger partial charge in [0, 0.05) is 11.9 Å². The zero-order valence-electron chi connectivity index (χ0n) is 10.7. The molecule has 0 atom stereocenters. The smallest absolute Gasteiger partial charge is 0.132 e. The number of hydrogen-bond acceptors (Lipinski definition) is 2. The number of halogens is 2. The molecule has 0 aliphatic heterocycles. The zero-order chi connectivity index (χ0) is 13.3. The summed E-state index contributed by atoms with van der Waals surface area (Å²) in [6.45, 7) is 6.90. The predicted molar refractivity (Wildman–Crippen MR) is 75.0 cm³/mol. The van der Waals surface area contributed by atoms with Crippen LogP contribution in [0.2, 0.25) is 5.02 Å². The number of rotatable bonds is 3. The maximum absolute atomic E-state index is 13.8. The molecule has 2 aromatic rings. The Labute approximate surface area is 111 Å². The molecule has 0 saturated carbocycles. The molecule has 0 aliphatic rings. The molecule has 0 spiro atoms. The van der Waals surface area contributed by atoms with Gasteiger partial charge < -0.3 is 5.32 Å². The van der Waals surface area contributed by atoms with Gasteiger partial charge in [0.25, 0.3) is 0 Å². The van der Waals surface area contributed by atoms with E-state index in [1.54, 1.807) is 0 Å². The molecule has 4 heteroatoms. The highest BCUT2D eigenvalue weighted by Gasteiger charge is 2.13. The van der Waals surface area contributed by atoms with Crippen LogP contribution in [0.25, 0.3) is 10.9 Å². The minimum atomic E-state index is -0.285. The Hall–Kier alpha value is -1.35. The molecule has 0 radical (unpaired) electrons. The number of nitrogens with one attached hydrogen (secondary N) is 1. The fourth-order valence-corrected chi connectivity index (χ4v) is 2.16. The van der Waals surface area contributed by atoms with E-state index in [1.165, 1.54) is 12.1 Å². The predicted octanol–water partition coefficient (Wildman–Crippen LogP) is 4.58. The molecular weight excluding hydrogens is 251 g/mol. The minimum absolute atomic E-state index is 0.273. The van der Waals surface area contributed by atoms with Crippen LogP contribution < -0.4 is 5.32 Å². The second-order valence-corrected chi connectivity index (χ2v) is 4.94. The van der Waals surface area contributed by atoms with E-state index in [1.807, 2.05) is 13.0 Å². The third-order valence-corrected chi connectivity index (χ3v) is 3.18. The average molecular weight is 267 g/mol. The molecular formula is C14H16ClFN2. The third-order valence-electron chi connectivity index (χ3n) is 2.88. The molecule has 1 heterocycles. The van der Waals surface area contributed by atoms with E-state index < -0.39 is 0 Å². The lowest BCUT2D eigenvalue weighted by Gasteiger charge is -2.15. The summed E-state index contributed by atoms with van der Waals surface area (Å²) in [4.78, 5) is 4.46. The Kier molecular flexibility index (Phi) is 3.71. The quantitative estimate of drug-likeness (QED) is 0.879. The Balaban J connectivity index is 2.75. The lowest BCUT2D eigenvalue weighted by molar-refractivity contribution is 0.639. The van der Waals surface area contributed by atoms with E-state index in [2.05, 4.69) is 24.1 Å². The minimum Gasteiger partial charge on any atom is -0.370 e. The number of pyridine rings is 1. The molecule has 0 saturated heterocycles. The van der Waals surface area contributed by atoms with E-state index in [4.69, 9.17) is 11.6 Å². The summed E-state index contributed by atoms with van der Waals surface area (Å²) in [5, 5.41) is 4.16. The summed E-state index contributed by atoms with van der Waals surface area (Å²) in [7, 11) is 0. The first-order chi connectivity index (χ1) is 8.54. The Morgan fingerprint density at radius 2 is 2.11 bits per heavy atom. The van der Waals surface area contributed by atoms with Crippen molar-refractivity contribution in [3.05, 3.63) is 34.6 Å². The van der Waals surface area contributed by atoms with Crippen LogP contribution in [0.4, 0.5) is 10.2 Å². The van der Waals surface area contributed by atoms with Gasteiger partial charge in [-0.05, 0) is 36.6 Å². The largest absolute Gasteiger partial charge is 0.370 e. The first-order valence-electron chi connectivity index (χ1n) is 6.07. The molecule has 18 heavy (non-hydrogen) atoms. The molecule has 0 unspecified atom stereocenters. The van der Waals surface area contributed by atoms with E-state index in [-0.39, 0.29) is 11.7 Å². The summed E-state index contributed by atoms with van der Waals surface area (Å²) < 4.78 is 13.8. The van der Waals surface area contributed by atoms with Crippen LogP contribution in [0.15, 0.2) is 18.2 Å². The number of nitrogens with zero attached hydrogens (tertiary/aromatic N) is 1. The van der Waals surface area contributed by atoms with E-state index in [0.717, 1.165) is 17.9 Å². The van der Waals surface area contributed by atoms with Crippen LogP contribution in [-0.4, -0.2) is 11.5 Å². The molecule has 1 N–H and O–H groups in total. The van der Waals surface area contributed by atoms with Gasteiger partial charge in [0.1, 0.15) is 11.6 Å². The lowest BCUT2D eigenvalue weighted by atomic mass is 10.0. The van der Waals surface area contributed by atoms with Gasteiger partial charge in [-0.1, -0.05) is 25.4 Å². The van der Waals surface area contributed by atoms with Crippen LogP contribution in [0.3, 0.4) is 0 Å². The molecule has 2 nitrogen and oxygen atoms in total. The molecule has 0 aliphatic carbocycles. The highest BCUT2D eigenvalue weighted by Crippen LogP contribution is 2.31. The SMILES string of the molecule is CCNc1nc2c(Cl)ccc(F)c2cc1C(C)C. The van der Waals surface area contributed by atoms with Gasteiger partial charge in [-0.15, -0.1) is 0 Å². The fourth-order valence-electron chi connectivity index (χ4n) is 1.96. The van der Waals surface area contributed by atoms with Gasteiger partial charge in [-0.2, -0.15) is 0 Å². The molecule has 0 amide bonds. The van der Waals surface area contributed by atoms with Crippen molar-refractivity contribution < 1.29 is 4.39 Å². The maximum atomic E-state index is 13.8. The summed E-state index contributed by atoms with van der Waals surface area (Å²) in [5.74, 6) is 0.772. The highest BCUT2D eigenvalue weighted by atomic mass is 35.5. The highest BCUT2D eigenvalue weighted by molar-refractivity contribution is 6.35. The standard InChI is InChI=1S/C14H16ClFN2/c1-4-17-14-9(8(2)3)7-10-12(16)6-5-11(15)13(10)18-14/h5-8H,4H2,1-3H3,(H,17,18). The van der Waals surface area contributed by atoms with Crippen LogP contribution >= 0.6 is 11.6 Å². The summed E-state index contributed by atoms with van der Waals surface area (Å²) in [6, 6.07) is 4.76. The maximum Gasteiger partial charge on any atom is 0.132 e. The van der Waals surface area contributed by atoms with Crippen molar-refractivity contribution in [3.63, 3.8) is 0 Å². The molecule has 1 aromatic heterocycles. The van der Waals surface area contributed by atoms with E-state index in [0.29, 0.717) is 15.9 Å². The Morgan fingerprint density at radius 3 is 2.72 bits per heavy atom. The summed E-state index contributed by atoms with van der Waals surface area (Å²) >= 11 is 6.08. The number of fused-ring (bicyclic) bond motifs is 1. The number of aromatic nitrogens is 1.